The average molecular weight is 634 g/mol. The van der Waals surface area contributed by atoms with Gasteiger partial charge in [-0.1, -0.05) is 12.1 Å². The van der Waals surface area contributed by atoms with Crippen molar-refractivity contribution < 1.29 is 50.8 Å². The van der Waals surface area contributed by atoms with Crippen LogP contribution < -0.4 is 33.3 Å². The maximum atomic E-state index is 13.3. The lowest BCUT2D eigenvalue weighted by molar-refractivity contribution is -0.138. The van der Waals surface area contributed by atoms with E-state index in [1.165, 1.54) is 4.90 Å². The van der Waals surface area contributed by atoms with Gasteiger partial charge in [0.25, 0.3) is 0 Å². The number of carbonyl (C=O) groups excluding carboxylic acids is 3. The Morgan fingerprint density at radius 2 is 1.48 bits per heavy atom. The quantitative estimate of drug-likeness (QED) is 0.111. The van der Waals surface area contributed by atoms with Gasteiger partial charge in [-0.05, 0) is 47.8 Å². The summed E-state index contributed by atoms with van der Waals surface area (Å²) < 4.78 is 78.7. The van der Waals surface area contributed by atoms with E-state index in [1.807, 2.05) is 0 Å². The van der Waals surface area contributed by atoms with Gasteiger partial charge in [-0.25, -0.2) is 0 Å². The van der Waals surface area contributed by atoms with Crippen molar-refractivity contribution in [3.05, 3.63) is 59.2 Å². The van der Waals surface area contributed by atoms with Gasteiger partial charge in [0.2, 0.25) is 17.7 Å². The molecule has 0 saturated heterocycles. The first kappa shape index (κ1) is 36.5. The smallest absolute Gasteiger partial charge is 0.423 e. The zero-order valence-corrected chi connectivity index (χ0v) is 23.3. The molecule has 3 amide bonds. The predicted octanol–water partition coefficient (Wildman–Crippen LogP) is -0.0765. The Kier molecular flexibility index (Phi) is 13.1. The van der Waals surface area contributed by atoms with E-state index < -0.39 is 60.0 Å². The number of rotatable bonds is 14. The number of amides is 3. The third-order valence-corrected chi connectivity index (χ3v) is 6.41. The SMILES string of the molecule is NCCN(CCN)C(=O)CCC(N)C(=O)NC(Cc1ccc(C(F)(F)F)cc1)C(=O)Nc1ccc(C(F)(F)F)c(B(O)O)c1. The van der Waals surface area contributed by atoms with E-state index in [4.69, 9.17) is 17.2 Å². The van der Waals surface area contributed by atoms with Crippen molar-refractivity contribution in [2.75, 3.05) is 31.5 Å². The molecule has 0 aliphatic rings. The molecular formula is C26H33BF6N6O5. The van der Waals surface area contributed by atoms with Gasteiger partial charge in [-0.15, -0.1) is 0 Å². The van der Waals surface area contributed by atoms with Crippen LogP contribution >= 0.6 is 0 Å². The van der Waals surface area contributed by atoms with Gasteiger partial charge in [-0.3, -0.25) is 14.4 Å². The van der Waals surface area contributed by atoms with Crippen LogP contribution in [0.1, 0.15) is 29.5 Å². The van der Waals surface area contributed by atoms with Crippen LogP contribution in [0.3, 0.4) is 0 Å². The van der Waals surface area contributed by atoms with Crippen LogP contribution in [0, 0.1) is 0 Å². The van der Waals surface area contributed by atoms with E-state index in [0.717, 1.165) is 30.3 Å². The summed E-state index contributed by atoms with van der Waals surface area (Å²) in [5.41, 5.74) is 13.5. The monoisotopic (exact) mass is 634 g/mol. The lowest BCUT2D eigenvalue weighted by Crippen LogP contribution is -2.51. The Morgan fingerprint density at radius 1 is 0.886 bits per heavy atom. The molecule has 2 aromatic carbocycles. The van der Waals surface area contributed by atoms with Crippen LogP contribution in [0.15, 0.2) is 42.5 Å². The van der Waals surface area contributed by atoms with Gasteiger partial charge in [-0.2, -0.15) is 26.3 Å². The zero-order chi connectivity index (χ0) is 33.2. The summed E-state index contributed by atoms with van der Waals surface area (Å²) in [5.74, 6) is -2.27. The summed E-state index contributed by atoms with van der Waals surface area (Å²) in [5, 5.41) is 23.5. The predicted molar refractivity (Wildman–Crippen MR) is 149 cm³/mol. The number of hydrogen-bond acceptors (Lipinski definition) is 8. The highest BCUT2D eigenvalue weighted by Gasteiger charge is 2.36. The van der Waals surface area contributed by atoms with Crippen LogP contribution in [0.5, 0.6) is 0 Å². The second-order valence-electron chi connectivity index (χ2n) is 9.73. The summed E-state index contributed by atoms with van der Waals surface area (Å²) in [6, 6.07) is 2.91. The molecule has 0 radical (unpaired) electrons. The summed E-state index contributed by atoms with van der Waals surface area (Å²) in [6.45, 7) is 0.811. The third kappa shape index (κ3) is 10.8. The Balaban J connectivity index is 2.27. The van der Waals surface area contributed by atoms with Crippen LogP contribution in [0.4, 0.5) is 32.0 Å². The highest BCUT2D eigenvalue weighted by atomic mass is 19.4. The van der Waals surface area contributed by atoms with Crippen molar-refractivity contribution in [1.29, 1.82) is 0 Å². The molecule has 0 aliphatic heterocycles. The highest BCUT2D eigenvalue weighted by molar-refractivity contribution is 6.59. The van der Waals surface area contributed by atoms with Crippen molar-refractivity contribution in [1.82, 2.24) is 10.2 Å². The number of benzene rings is 2. The van der Waals surface area contributed by atoms with Gasteiger partial charge in [0.05, 0.1) is 17.2 Å². The molecule has 0 aliphatic carbocycles. The fraction of sp³-hybridized carbons (Fsp3) is 0.423. The molecule has 10 N–H and O–H groups in total. The minimum atomic E-state index is -4.94. The molecule has 0 heterocycles. The number of carbonyl (C=O) groups is 3. The van der Waals surface area contributed by atoms with Gasteiger partial charge in [0, 0.05) is 44.7 Å². The van der Waals surface area contributed by atoms with Crippen molar-refractivity contribution in [2.45, 2.75) is 43.7 Å². The first-order chi connectivity index (χ1) is 20.5. The average Bonchev–Trinajstić information content (AvgIpc) is 2.94. The van der Waals surface area contributed by atoms with Crippen molar-refractivity contribution in [3.63, 3.8) is 0 Å². The Hall–Kier alpha value is -3.71. The van der Waals surface area contributed by atoms with Crippen LogP contribution in [-0.4, -0.2) is 78.1 Å². The number of nitrogens with one attached hydrogen (secondary N) is 2. The van der Waals surface area contributed by atoms with Crippen LogP contribution in [0.25, 0.3) is 0 Å². The van der Waals surface area contributed by atoms with Gasteiger partial charge >= 0.3 is 19.5 Å². The Labute approximate surface area is 248 Å². The first-order valence-electron chi connectivity index (χ1n) is 13.3. The van der Waals surface area contributed by atoms with Crippen molar-refractivity contribution in [2.24, 2.45) is 17.2 Å². The van der Waals surface area contributed by atoms with E-state index in [2.05, 4.69) is 10.6 Å². The van der Waals surface area contributed by atoms with E-state index in [1.54, 1.807) is 0 Å². The number of nitrogens with two attached hydrogens (primary N) is 3. The molecule has 0 fully saturated rings. The summed E-state index contributed by atoms with van der Waals surface area (Å²) >= 11 is 0. The molecule has 18 heteroatoms. The molecule has 0 aromatic heterocycles. The standard InChI is InChI=1S/C26H33BF6N6O5/c28-25(29,30)16-3-1-15(2-4-16)13-21(38-23(41)20(36)7-8-22(40)39(11-9-34)12-10-35)24(42)37-17-5-6-18(26(31,32)33)19(14-17)27(43)44/h1-6,14,20-21,43-44H,7-13,34-36H2,(H,37,42)(H,38,41). The molecule has 2 atom stereocenters. The largest absolute Gasteiger partial charge is 0.489 e. The first-order valence-corrected chi connectivity index (χ1v) is 13.3. The normalized spacial score (nSPS) is 13.2. The minimum Gasteiger partial charge on any atom is -0.423 e. The van der Waals surface area contributed by atoms with Crippen LogP contribution in [0.2, 0.25) is 0 Å². The van der Waals surface area contributed by atoms with Gasteiger partial charge in [0.1, 0.15) is 6.04 Å². The van der Waals surface area contributed by atoms with E-state index in [0.29, 0.717) is 12.1 Å². The fourth-order valence-electron chi connectivity index (χ4n) is 4.14. The Morgan fingerprint density at radius 3 is 1.98 bits per heavy atom. The fourth-order valence-corrected chi connectivity index (χ4v) is 4.14. The number of anilines is 1. The van der Waals surface area contributed by atoms with Crippen LogP contribution in [-0.2, 0) is 33.2 Å². The third-order valence-electron chi connectivity index (χ3n) is 6.41. The lowest BCUT2D eigenvalue weighted by atomic mass is 9.76. The molecule has 2 unspecified atom stereocenters. The molecule has 44 heavy (non-hydrogen) atoms. The number of hydrogen-bond donors (Lipinski definition) is 7. The molecule has 0 saturated carbocycles. The lowest BCUT2D eigenvalue weighted by Gasteiger charge is -2.23. The zero-order valence-electron chi connectivity index (χ0n) is 23.3. The molecule has 0 bridgehead atoms. The van der Waals surface area contributed by atoms with E-state index in [-0.39, 0.29) is 62.6 Å². The van der Waals surface area contributed by atoms with E-state index in [9.17, 15) is 50.8 Å². The molecule has 0 spiro atoms. The maximum absolute atomic E-state index is 13.3. The second-order valence-corrected chi connectivity index (χ2v) is 9.73. The highest BCUT2D eigenvalue weighted by Crippen LogP contribution is 2.30. The van der Waals surface area contributed by atoms with Gasteiger partial charge in [0.15, 0.2) is 0 Å². The molecule has 2 aromatic rings. The molecule has 11 nitrogen and oxygen atoms in total. The van der Waals surface area contributed by atoms with E-state index >= 15 is 0 Å². The number of alkyl halides is 6. The second kappa shape index (κ2) is 15.9. The maximum Gasteiger partial charge on any atom is 0.489 e. The molecule has 2 rings (SSSR count). The summed E-state index contributed by atoms with van der Waals surface area (Å²) in [4.78, 5) is 39.9. The summed E-state index contributed by atoms with van der Waals surface area (Å²) in [6.07, 6.45) is -10.2. The van der Waals surface area contributed by atoms with Gasteiger partial charge < -0.3 is 42.8 Å². The number of nitrogens with zero attached hydrogens (tertiary/aromatic N) is 1. The topological polar surface area (TPSA) is 197 Å². The van der Waals surface area contributed by atoms with Crippen molar-refractivity contribution in [3.8, 4) is 0 Å². The minimum absolute atomic E-state index is 0.151. The number of halogens is 6. The molecular weight excluding hydrogens is 601 g/mol. The summed E-state index contributed by atoms with van der Waals surface area (Å²) in [7, 11) is -2.54. The molecule has 242 valence electrons. The van der Waals surface area contributed by atoms with Crippen molar-refractivity contribution >= 4 is 36.0 Å². The Bertz CT molecular complexity index is 1270.